The first-order chi connectivity index (χ1) is 5.29. The largest absolute Gasteiger partial charge is 0.505 e. The molecule has 0 saturated carbocycles. The Labute approximate surface area is 63.4 Å². The number of nitrogens with zero attached hydrogens (tertiary/aromatic N) is 1. The molecule has 0 amide bonds. The zero-order valence-electron chi connectivity index (χ0n) is 5.94. The molecule has 0 fully saturated rings. The number of phenols is 1. The predicted molar refractivity (Wildman–Crippen MR) is 40.1 cm³/mol. The second-order valence-corrected chi connectivity index (χ2v) is 1.92. The Morgan fingerprint density at radius 1 is 1.55 bits per heavy atom. The molecular weight excluding hydrogens is 146 g/mol. The zero-order valence-corrected chi connectivity index (χ0v) is 5.94. The fourth-order valence-electron chi connectivity index (χ4n) is 0.767. The Morgan fingerprint density at radius 2 is 2.27 bits per heavy atom. The molecule has 0 spiro atoms. The van der Waals surface area contributed by atoms with Gasteiger partial charge in [0, 0.05) is 0 Å². The Hall–Kier alpha value is -1.58. The van der Waals surface area contributed by atoms with Gasteiger partial charge in [0.2, 0.25) is 0 Å². The maximum Gasteiger partial charge on any atom is 0.191 e. The average molecular weight is 153 g/mol. The molecule has 1 aromatic rings. The maximum atomic E-state index is 10.1. The van der Waals surface area contributed by atoms with Crippen LogP contribution in [0.1, 0.15) is 0 Å². The van der Waals surface area contributed by atoms with Gasteiger partial charge in [-0.25, -0.2) is 0 Å². The summed E-state index contributed by atoms with van der Waals surface area (Å²) in [4.78, 5) is 10.1. The quantitative estimate of drug-likeness (QED) is 0.659. The molecule has 1 aromatic carbocycles. The number of methoxy groups -OCH3 is 1. The van der Waals surface area contributed by atoms with Crippen molar-refractivity contribution < 1.29 is 9.84 Å². The molecule has 0 aliphatic carbocycles. The molecule has 11 heavy (non-hydrogen) atoms. The van der Waals surface area contributed by atoms with Crippen molar-refractivity contribution >= 4 is 5.69 Å². The molecule has 0 radical (unpaired) electrons. The lowest BCUT2D eigenvalue weighted by atomic mass is 10.3. The van der Waals surface area contributed by atoms with Crippen molar-refractivity contribution in [3.05, 3.63) is 23.1 Å². The van der Waals surface area contributed by atoms with Crippen molar-refractivity contribution in [2.75, 3.05) is 7.11 Å². The van der Waals surface area contributed by atoms with E-state index >= 15 is 0 Å². The number of benzene rings is 1. The molecule has 0 aliphatic heterocycles. The number of rotatable bonds is 2. The number of aromatic hydroxyl groups is 1. The summed E-state index contributed by atoms with van der Waals surface area (Å²) in [5.41, 5.74) is -0.0602. The Morgan fingerprint density at radius 3 is 2.73 bits per heavy atom. The van der Waals surface area contributed by atoms with Crippen LogP contribution in [0, 0.1) is 4.91 Å². The third kappa shape index (κ3) is 1.29. The highest BCUT2D eigenvalue weighted by molar-refractivity contribution is 5.60. The molecule has 4 nitrogen and oxygen atoms in total. The lowest BCUT2D eigenvalue weighted by molar-refractivity contribution is 0.410. The van der Waals surface area contributed by atoms with Gasteiger partial charge in [0.15, 0.2) is 11.4 Å². The van der Waals surface area contributed by atoms with E-state index in [2.05, 4.69) is 5.18 Å². The third-order valence-electron chi connectivity index (χ3n) is 1.29. The smallest absolute Gasteiger partial charge is 0.191 e. The number of hydrogen-bond acceptors (Lipinski definition) is 4. The van der Waals surface area contributed by atoms with Crippen molar-refractivity contribution in [1.29, 1.82) is 0 Å². The Kier molecular flexibility index (Phi) is 2.06. The van der Waals surface area contributed by atoms with E-state index in [1.54, 1.807) is 12.1 Å². The van der Waals surface area contributed by atoms with Crippen molar-refractivity contribution in [1.82, 2.24) is 0 Å². The average Bonchev–Trinajstić information content (AvgIpc) is 2.04. The van der Waals surface area contributed by atoms with Crippen LogP contribution in [-0.4, -0.2) is 12.2 Å². The minimum absolute atomic E-state index is 0.0602. The monoisotopic (exact) mass is 153 g/mol. The lowest BCUT2D eigenvalue weighted by Crippen LogP contribution is -1.82. The highest BCUT2D eigenvalue weighted by atomic mass is 16.5. The normalized spacial score (nSPS) is 9.18. The fourth-order valence-corrected chi connectivity index (χ4v) is 0.767. The van der Waals surface area contributed by atoms with E-state index in [4.69, 9.17) is 9.84 Å². The summed E-state index contributed by atoms with van der Waals surface area (Å²) in [6.07, 6.45) is 0. The maximum absolute atomic E-state index is 10.1. The second kappa shape index (κ2) is 3.01. The number of nitroso groups, excluding NO2 is 1. The highest BCUT2D eigenvalue weighted by Crippen LogP contribution is 2.35. The molecule has 0 unspecified atom stereocenters. The highest BCUT2D eigenvalue weighted by Gasteiger charge is 2.06. The first kappa shape index (κ1) is 7.53. The molecular formula is C7H7NO3. The Balaban J connectivity index is 3.24. The van der Waals surface area contributed by atoms with Crippen molar-refractivity contribution in [2.24, 2.45) is 5.18 Å². The molecule has 4 heteroatoms. The molecule has 58 valence electrons. The van der Waals surface area contributed by atoms with Crippen molar-refractivity contribution in [3.63, 3.8) is 0 Å². The van der Waals surface area contributed by atoms with Gasteiger partial charge in [0.1, 0.15) is 5.75 Å². The minimum Gasteiger partial charge on any atom is -0.505 e. The molecule has 0 heterocycles. The summed E-state index contributed by atoms with van der Waals surface area (Å²) in [7, 11) is 1.41. The lowest BCUT2D eigenvalue weighted by Gasteiger charge is -2.01. The van der Waals surface area contributed by atoms with Gasteiger partial charge < -0.3 is 9.84 Å². The Bertz CT molecular complexity index is 272. The molecule has 0 bridgehead atoms. The summed E-state index contributed by atoms with van der Waals surface area (Å²) in [6.45, 7) is 0. The molecule has 0 aliphatic rings. The zero-order chi connectivity index (χ0) is 8.27. The van der Waals surface area contributed by atoms with Crippen LogP contribution in [0.25, 0.3) is 0 Å². The second-order valence-electron chi connectivity index (χ2n) is 1.92. The fraction of sp³-hybridized carbons (Fsp3) is 0.143. The van der Waals surface area contributed by atoms with Gasteiger partial charge in [-0.05, 0) is 17.3 Å². The third-order valence-corrected chi connectivity index (χ3v) is 1.29. The van der Waals surface area contributed by atoms with Crippen LogP contribution in [0.2, 0.25) is 0 Å². The first-order valence-electron chi connectivity index (χ1n) is 2.99. The van der Waals surface area contributed by atoms with Gasteiger partial charge in [0.25, 0.3) is 0 Å². The summed E-state index contributed by atoms with van der Waals surface area (Å²) in [6, 6.07) is 4.50. The van der Waals surface area contributed by atoms with Gasteiger partial charge in [-0.15, -0.1) is 4.91 Å². The summed E-state index contributed by atoms with van der Waals surface area (Å²) >= 11 is 0. The van der Waals surface area contributed by atoms with Gasteiger partial charge in [-0.1, -0.05) is 6.07 Å². The van der Waals surface area contributed by atoms with Crippen LogP contribution in [0.4, 0.5) is 5.69 Å². The van der Waals surface area contributed by atoms with Crippen LogP contribution < -0.4 is 4.74 Å². The van der Waals surface area contributed by atoms with Crippen LogP contribution in [-0.2, 0) is 0 Å². The van der Waals surface area contributed by atoms with Crippen LogP contribution in [0.15, 0.2) is 23.4 Å². The number of phenolic OH excluding ortho intramolecular Hbond substituents is 1. The van der Waals surface area contributed by atoms with E-state index < -0.39 is 0 Å². The topological polar surface area (TPSA) is 58.9 Å². The van der Waals surface area contributed by atoms with Gasteiger partial charge in [-0.3, -0.25) is 0 Å². The number of ether oxygens (including phenoxy) is 1. The molecule has 0 aromatic heterocycles. The van der Waals surface area contributed by atoms with E-state index in [-0.39, 0.29) is 17.2 Å². The number of hydrogen-bond donors (Lipinski definition) is 1. The van der Waals surface area contributed by atoms with E-state index in [9.17, 15) is 4.91 Å². The molecule has 0 atom stereocenters. The van der Waals surface area contributed by atoms with E-state index in [0.717, 1.165) is 0 Å². The summed E-state index contributed by atoms with van der Waals surface area (Å²) in [5, 5.41) is 11.7. The van der Waals surface area contributed by atoms with Gasteiger partial charge >= 0.3 is 0 Å². The van der Waals surface area contributed by atoms with Crippen molar-refractivity contribution in [2.45, 2.75) is 0 Å². The van der Waals surface area contributed by atoms with Gasteiger partial charge in [0.05, 0.1) is 7.11 Å². The van der Waals surface area contributed by atoms with Crippen LogP contribution >= 0.6 is 0 Å². The molecule has 1 N–H and O–H groups in total. The summed E-state index contributed by atoms with van der Waals surface area (Å²) < 4.78 is 4.76. The van der Waals surface area contributed by atoms with Crippen LogP contribution in [0.5, 0.6) is 11.5 Å². The summed E-state index contributed by atoms with van der Waals surface area (Å²) in [5.74, 6) is 0.111. The van der Waals surface area contributed by atoms with Gasteiger partial charge in [-0.2, -0.15) is 0 Å². The van der Waals surface area contributed by atoms with E-state index in [0.29, 0.717) is 0 Å². The predicted octanol–water partition coefficient (Wildman–Crippen LogP) is 1.80. The van der Waals surface area contributed by atoms with E-state index in [1.807, 2.05) is 0 Å². The van der Waals surface area contributed by atoms with Crippen molar-refractivity contribution in [3.8, 4) is 11.5 Å². The molecule has 1 rings (SSSR count). The molecule has 0 saturated heterocycles. The first-order valence-corrected chi connectivity index (χ1v) is 2.99. The van der Waals surface area contributed by atoms with Crippen LogP contribution in [0.3, 0.4) is 0 Å². The standard InChI is InChI=1S/C7H7NO3/c1-11-6-4-2-3-5(9)7(6)8-10/h2-4,9H,1H3. The minimum atomic E-state index is -0.167. The SMILES string of the molecule is COc1cccc(O)c1N=O. The van der Waals surface area contributed by atoms with E-state index in [1.165, 1.54) is 13.2 Å².